The number of anilines is 3. The van der Waals surface area contributed by atoms with Gasteiger partial charge in [-0.25, -0.2) is 4.39 Å². The summed E-state index contributed by atoms with van der Waals surface area (Å²) in [5.74, 6) is -3.10. The van der Waals surface area contributed by atoms with E-state index in [0.29, 0.717) is 48.4 Å². The van der Waals surface area contributed by atoms with Gasteiger partial charge in [-0.2, -0.15) is 5.26 Å². The third-order valence-corrected chi connectivity index (χ3v) is 14.2. The number of hydrogen-bond acceptors (Lipinski definition) is 10. The molecule has 0 aliphatic carbocycles. The van der Waals surface area contributed by atoms with Crippen molar-refractivity contribution in [2.45, 2.75) is 70.0 Å². The maximum absolute atomic E-state index is 15.5. The fraction of sp³-hybridized carbons (Fsp3) is 0.467. The Hall–Kier alpha value is -5.52. The summed E-state index contributed by atoms with van der Waals surface area (Å²) in [5, 5.41) is 12.0. The Morgan fingerprint density at radius 1 is 0.833 bits per heavy atom. The van der Waals surface area contributed by atoms with Crippen LogP contribution in [0.15, 0.2) is 54.6 Å². The molecule has 15 heteroatoms. The molecule has 312 valence electrons. The number of piperazine rings is 1. The van der Waals surface area contributed by atoms with Gasteiger partial charge >= 0.3 is 0 Å². The number of nitrogens with one attached hydrogen (secondary N) is 1. The summed E-state index contributed by atoms with van der Waals surface area (Å²) in [6.45, 7) is 9.03. The lowest BCUT2D eigenvalue weighted by Crippen LogP contribution is -2.54. The van der Waals surface area contributed by atoms with E-state index in [0.717, 1.165) is 87.2 Å². The van der Waals surface area contributed by atoms with Gasteiger partial charge in [0.2, 0.25) is 11.8 Å². The molecule has 3 aromatic rings. The lowest BCUT2D eigenvalue weighted by molar-refractivity contribution is -0.136. The number of nitrogens with zero attached hydrogens (tertiary/aromatic N) is 7. The number of hydrogen-bond donors (Lipinski definition) is 1. The van der Waals surface area contributed by atoms with Crippen LogP contribution in [0, 0.1) is 22.6 Å². The predicted molar refractivity (Wildman–Crippen MR) is 224 cm³/mol. The number of amides is 5. The van der Waals surface area contributed by atoms with Crippen LogP contribution in [0.1, 0.15) is 88.5 Å². The summed E-state index contributed by atoms with van der Waals surface area (Å²) in [6.07, 6.45) is 4.90. The van der Waals surface area contributed by atoms with Crippen molar-refractivity contribution in [1.29, 1.82) is 5.26 Å². The second-order valence-corrected chi connectivity index (χ2v) is 17.7. The smallest absolute Gasteiger partial charge is 0.262 e. The van der Waals surface area contributed by atoms with Gasteiger partial charge in [0.15, 0.2) is 0 Å². The van der Waals surface area contributed by atoms with Crippen LogP contribution in [0.2, 0.25) is 5.02 Å². The van der Waals surface area contributed by atoms with Crippen molar-refractivity contribution in [3.05, 3.63) is 87.7 Å². The fourth-order valence-electron chi connectivity index (χ4n) is 10.5. The first-order chi connectivity index (χ1) is 28.9. The van der Waals surface area contributed by atoms with Crippen LogP contribution in [0.5, 0.6) is 0 Å². The molecule has 5 amide bonds. The first-order valence-corrected chi connectivity index (χ1v) is 21.4. The molecule has 9 rings (SSSR count). The Balaban J connectivity index is 0.745. The summed E-state index contributed by atoms with van der Waals surface area (Å²) in [6, 6.07) is 18.0. The minimum atomic E-state index is -1.11. The van der Waals surface area contributed by atoms with Gasteiger partial charge in [0.1, 0.15) is 17.9 Å². The van der Waals surface area contributed by atoms with E-state index in [-0.39, 0.29) is 47.0 Å². The third kappa shape index (κ3) is 7.25. The minimum absolute atomic E-state index is 0.0134. The highest BCUT2D eigenvalue weighted by Crippen LogP contribution is 2.46. The molecule has 2 atom stereocenters. The van der Waals surface area contributed by atoms with Crippen LogP contribution in [-0.4, -0.2) is 121 Å². The summed E-state index contributed by atoms with van der Waals surface area (Å²) >= 11 is 6.38. The number of piperidine rings is 3. The van der Waals surface area contributed by atoms with Crippen LogP contribution in [0.3, 0.4) is 0 Å². The van der Waals surface area contributed by atoms with E-state index in [1.165, 1.54) is 6.07 Å². The SMILES string of the molecule is CC1CC2(CCN(c3ccc(C(=O)N4CCN(C5CCN(c6cc7c(cc6F)C(=O)N(C6CCC(=O)NC6=O)C7=O)CC5)CC4)cc3)CC2)CN1c1ccc(C#N)c(Cl)c1. The summed E-state index contributed by atoms with van der Waals surface area (Å²) < 4.78 is 15.5. The van der Waals surface area contributed by atoms with Crippen LogP contribution < -0.4 is 20.0 Å². The molecule has 1 N–H and O–H groups in total. The lowest BCUT2D eigenvalue weighted by Gasteiger charge is -2.43. The molecule has 0 saturated carbocycles. The maximum Gasteiger partial charge on any atom is 0.262 e. The number of carbonyl (C=O) groups is 5. The molecule has 5 saturated heterocycles. The highest BCUT2D eigenvalue weighted by atomic mass is 35.5. The van der Waals surface area contributed by atoms with E-state index < -0.39 is 35.5 Å². The molecule has 6 aliphatic heterocycles. The number of nitriles is 1. The van der Waals surface area contributed by atoms with Crippen LogP contribution in [-0.2, 0) is 9.59 Å². The highest BCUT2D eigenvalue weighted by molar-refractivity contribution is 6.32. The molecule has 5 fully saturated rings. The molecule has 0 bridgehead atoms. The van der Waals surface area contributed by atoms with Crippen molar-refractivity contribution in [3.8, 4) is 6.07 Å². The van der Waals surface area contributed by atoms with E-state index in [1.54, 1.807) is 0 Å². The minimum Gasteiger partial charge on any atom is -0.371 e. The summed E-state index contributed by atoms with van der Waals surface area (Å²) in [4.78, 5) is 76.1. The fourth-order valence-corrected chi connectivity index (χ4v) is 10.7. The molecule has 1 spiro atoms. The average Bonchev–Trinajstić information content (AvgIpc) is 3.70. The van der Waals surface area contributed by atoms with Crippen molar-refractivity contribution in [2.24, 2.45) is 5.41 Å². The van der Waals surface area contributed by atoms with Crippen LogP contribution in [0.4, 0.5) is 21.5 Å². The first-order valence-electron chi connectivity index (χ1n) is 21.1. The van der Waals surface area contributed by atoms with Crippen molar-refractivity contribution >= 4 is 58.2 Å². The van der Waals surface area contributed by atoms with Crippen molar-refractivity contribution in [2.75, 3.05) is 73.6 Å². The normalized spacial score (nSPS) is 23.7. The third-order valence-electron chi connectivity index (χ3n) is 13.9. The van der Waals surface area contributed by atoms with E-state index in [1.807, 2.05) is 40.1 Å². The number of benzene rings is 3. The molecule has 13 nitrogen and oxygen atoms in total. The average molecular weight is 835 g/mol. The van der Waals surface area contributed by atoms with Gasteiger partial charge in [0.05, 0.1) is 27.4 Å². The summed E-state index contributed by atoms with van der Waals surface area (Å²) in [7, 11) is 0. The molecule has 0 radical (unpaired) electrons. The van der Waals surface area contributed by atoms with Crippen LogP contribution >= 0.6 is 11.6 Å². The Labute approximate surface area is 353 Å². The van der Waals surface area contributed by atoms with E-state index in [2.05, 4.69) is 45.1 Å². The van der Waals surface area contributed by atoms with Gasteiger partial charge in [-0.1, -0.05) is 11.6 Å². The molecule has 6 heterocycles. The zero-order valence-electron chi connectivity index (χ0n) is 33.7. The molecule has 3 aromatic carbocycles. The second-order valence-electron chi connectivity index (χ2n) is 17.3. The molecule has 6 aliphatic rings. The topological polar surface area (TPSA) is 141 Å². The van der Waals surface area contributed by atoms with E-state index >= 15 is 4.39 Å². The van der Waals surface area contributed by atoms with Gasteiger partial charge < -0.3 is 19.6 Å². The number of rotatable bonds is 6. The largest absolute Gasteiger partial charge is 0.371 e. The van der Waals surface area contributed by atoms with Gasteiger partial charge in [-0.05, 0) is 105 Å². The number of carbonyl (C=O) groups excluding carboxylic acids is 5. The zero-order valence-corrected chi connectivity index (χ0v) is 34.4. The molecular formula is C45H48ClFN8O5. The second kappa shape index (κ2) is 15.8. The van der Waals surface area contributed by atoms with Crippen molar-refractivity contribution < 1.29 is 28.4 Å². The van der Waals surface area contributed by atoms with E-state index in [4.69, 9.17) is 11.6 Å². The number of halogens is 2. The Morgan fingerprint density at radius 3 is 2.15 bits per heavy atom. The maximum atomic E-state index is 15.5. The molecule has 60 heavy (non-hydrogen) atoms. The Bertz CT molecular complexity index is 2290. The Kier molecular flexibility index (Phi) is 10.5. The van der Waals surface area contributed by atoms with Gasteiger partial charge in [-0.3, -0.25) is 39.1 Å². The lowest BCUT2D eigenvalue weighted by atomic mass is 9.76. The van der Waals surface area contributed by atoms with E-state index in [9.17, 15) is 29.2 Å². The number of fused-ring (bicyclic) bond motifs is 1. The molecule has 2 unspecified atom stereocenters. The van der Waals surface area contributed by atoms with Crippen LogP contribution in [0.25, 0.3) is 0 Å². The summed E-state index contributed by atoms with van der Waals surface area (Å²) in [5.41, 5.74) is 3.88. The molecule has 0 aromatic heterocycles. The predicted octanol–water partition coefficient (Wildman–Crippen LogP) is 5.06. The van der Waals surface area contributed by atoms with Gasteiger partial charge in [0.25, 0.3) is 17.7 Å². The first kappa shape index (κ1) is 39.9. The van der Waals surface area contributed by atoms with Gasteiger partial charge in [0, 0.05) is 94.3 Å². The van der Waals surface area contributed by atoms with Crippen molar-refractivity contribution in [1.82, 2.24) is 20.0 Å². The van der Waals surface area contributed by atoms with Gasteiger partial charge in [-0.15, -0.1) is 0 Å². The standard InChI is InChI=1S/C45H48ClFN8O5/c1-28-25-45(27-54(28)33-7-4-30(26-48)36(46)22-33)12-16-50(17-13-45)31-5-2-29(3-6-31)42(58)53-20-18-51(19-21-53)32-10-14-52(15-11-32)39-24-35-34(23-37(39)47)43(59)55(44(35)60)38-8-9-40(56)49-41(38)57/h2-7,22-24,28,32,38H,8-21,25,27H2,1H3,(H,49,56,57). The number of imide groups is 2. The quantitative estimate of drug-likeness (QED) is 0.335. The zero-order chi connectivity index (χ0) is 41.9. The monoisotopic (exact) mass is 834 g/mol. The Morgan fingerprint density at radius 2 is 1.50 bits per heavy atom. The molecular weight excluding hydrogens is 787 g/mol. The highest BCUT2D eigenvalue weighted by Gasteiger charge is 2.46. The van der Waals surface area contributed by atoms with Crippen molar-refractivity contribution in [3.63, 3.8) is 0 Å².